The van der Waals surface area contributed by atoms with Gasteiger partial charge in [0.1, 0.15) is 0 Å². The van der Waals surface area contributed by atoms with E-state index in [4.69, 9.17) is 4.74 Å². The fraction of sp³-hybridized carbons (Fsp3) is 0.833. The summed E-state index contributed by atoms with van der Waals surface area (Å²) in [7, 11) is 0. The summed E-state index contributed by atoms with van der Waals surface area (Å²) >= 11 is 0. The van der Waals surface area contributed by atoms with Gasteiger partial charge < -0.3 is 4.74 Å². The minimum absolute atomic E-state index is 0.327. The molecule has 0 aromatic carbocycles. The van der Waals surface area contributed by atoms with Gasteiger partial charge >= 0.3 is 0 Å². The van der Waals surface area contributed by atoms with E-state index in [-0.39, 0.29) is 0 Å². The van der Waals surface area contributed by atoms with E-state index < -0.39 is 0 Å². The fourth-order valence-electron chi connectivity index (χ4n) is 2.53. The van der Waals surface area contributed by atoms with Crippen molar-refractivity contribution in [3.05, 3.63) is 0 Å². The van der Waals surface area contributed by atoms with Gasteiger partial charge in [-0.1, -0.05) is 12.8 Å². The highest BCUT2D eigenvalue weighted by atomic mass is 16.6. The molecule has 0 N–H and O–H groups in total. The fourth-order valence-corrected chi connectivity index (χ4v) is 2.53. The minimum atomic E-state index is 0.327. The molecule has 1 saturated heterocycles. The molecular formula is C12H18O. The Morgan fingerprint density at radius 2 is 2.31 bits per heavy atom. The maximum atomic E-state index is 5.63. The highest BCUT2D eigenvalue weighted by Crippen LogP contribution is 2.47. The third kappa shape index (κ3) is 1.89. The summed E-state index contributed by atoms with van der Waals surface area (Å²) in [5, 5.41) is 0. The number of hydrogen-bond donors (Lipinski definition) is 0. The van der Waals surface area contributed by atoms with Gasteiger partial charge in [-0.15, -0.1) is 11.8 Å². The molecule has 1 aliphatic heterocycles. The van der Waals surface area contributed by atoms with Crippen molar-refractivity contribution in [1.82, 2.24) is 0 Å². The first-order valence-corrected chi connectivity index (χ1v) is 5.41. The molecule has 13 heavy (non-hydrogen) atoms. The SMILES string of the molecule is CC#CCC[C@H]1CCCC[C@]12CO2. The molecule has 0 radical (unpaired) electrons. The molecule has 1 heterocycles. The van der Waals surface area contributed by atoms with E-state index in [2.05, 4.69) is 11.8 Å². The summed E-state index contributed by atoms with van der Waals surface area (Å²) in [6.07, 6.45) is 7.75. The lowest BCUT2D eigenvalue weighted by atomic mass is 9.77. The van der Waals surface area contributed by atoms with Gasteiger partial charge in [0.2, 0.25) is 0 Å². The zero-order valence-electron chi connectivity index (χ0n) is 8.44. The van der Waals surface area contributed by atoms with Crippen molar-refractivity contribution < 1.29 is 4.74 Å². The molecule has 2 rings (SSSR count). The molecule has 1 spiro atoms. The van der Waals surface area contributed by atoms with Gasteiger partial charge in [0.05, 0.1) is 12.2 Å². The standard InChI is InChI=1S/C12H18O/c1-2-3-4-7-11-8-5-6-9-12(11)10-13-12/h11H,4-10H2,1H3/t11-,12-/m0/s1. The molecule has 1 saturated carbocycles. The van der Waals surface area contributed by atoms with E-state index in [1.54, 1.807) is 0 Å². The Balaban J connectivity index is 1.84. The van der Waals surface area contributed by atoms with Crippen molar-refractivity contribution >= 4 is 0 Å². The van der Waals surface area contributed by atoms with Gasteiger partial charge in [-0.05, 0) is 32.1 Å². The summed E-state index contributed by atoms with van der Waals surface area (Å²) in [5.74, 6) is 6.93. The van der Waals surface area contributed by atoms with Crippen molar-refractivity contribution in [3.63, 3.8) is 0 Å². The van der Waals surface area contributed by atoms with Crippen LogP contribution in [0.3, 0.4) is 0 Å². The number of ether oxygens (including phenoxy) is 1. The molecule has 0 amide bonds. The van der Waals surface area contributed by atoms with E-state index in [0.717, 1.165) is 18.9 Å². The molecule has 0 aromatic heterocycles. The third-order valence-corrected chi connectivity index (χ3v) is 3.46. The van der Waals surface area contributed by atoms with Crippen LogP contribution in [0.4, 0.5) is 0 Å². The number of rotatable bonds is 2. The van der Waals surface area contributed by atoms with E-state index in [0.29, 0.717) is 5.60 Å². The maximum absolute atomic E-state index is 5.63. The normalized spacial score (nSPS) is 36.8. The monoisotopic (exact) mass is 178 g/mol. The van der Waals surface area contributed by atoms with E-state index >= 15 is 0 Å². The Hall–Kier alpha value is -0.480. The maximum Gasteiger partial charge on any atom is 0.0944 e. The predicted molar refractivity (Wildman–Crippen MR) is 53.3 cm³/mol. The highest BCUT2D eigenvalue weighted by molar-refractivity contribution is 5.03. The average Bonchev–Trinajstić information content (AvgIpc) is 2.90. The number of epoxide rings is 1. The van der Waals surface area contributed by atoms with Crippen LogP contribution in [0.2, 0.25) is 0 Å². The molecule has 1 heteroatoms. The van der Waals surface area contributed by atoms with Crippen LogP contribution in [0, 0.1) is 17.8 Å². The van der Waals surface area contributed by atoms with Crippen LogP contribution in [-0.2, 0) is 4.74 Å². The summed E-state index contributed by atoms with van der Waals surface area (Å²) in [6.45, 7) is 2.95. The highest BCUT2D eigenvalue weighted by Gasteiger charge is 2.51. The Labute approximate surface area is 80.9 Å². The summed E-state index contributed by atoms with van der Waals surface area (Å²) in [6, 6.07) is 0. The summed E-state index contributed by atoms with van der Waals surface area (Å²) in [4.78, 5) is 0. The molecule has 0 aromatic rings. The zero-order valence-corrected chi connectivity index (χ0v) is 8.44. The summed E-state index contributed by atoms with van der Waals surface area (Å²) < 4.78 is 5.63. The van der Waals surface area contributed by atoms with Gasteiger partial charge in [-0.25, -0.2) is 0 Å². The first-order valence-electron chi connectivity index (χ1n) is 5.41. The van der Waals surface area contributed by atoms with Crippen molar-refractivity contribution in [2.75, 3.05) is 6.61 Å². The molecule has 72 valence electrons. The molecule has 2 fully saturated rings. The largest absolute Gasteiger partial charge is 0.369 e. The van der Waals surface area contributed by atoms with Crippen LogP contribution in [0.25, 0.3) is 0 Å². The Morgan fingerprint density at radius 1 is 1.46 bits per heavy atom. The Morgan fingerprint density at radius 3 is 3.00 bits per heavy atom. The average molecular weight is 178 g/mol. The third-order valence-electron chi connectivity index (χ3n) is 3.46. The quantitative estimate of drug-likeness (QED) is 0.468. The Bertz CT molecular complexity index is 229. The van der Waals surface area contributed by atoms with Crippen LogP contribution >= 0.6 is 0 Å². The lowest BCUT2D eigenvalue weighted by Crippen LogP contribution is -2.28. The van der Waals surface area contributed by atoms with Gasteiger partial charge in [0.25, 0.3) is 0 Å². The van der Waals surface area contributed by atoms with Crippen molar-refractivity contribution in [2.45, 2.75) is 51.0 Å². The van der Waals surface area contributed by atoms with Crippen molar-refractivity contribution in [3.8, 4) is 11.8 Å². The van der Waals surface area contributed by atoms with Gasteiger partial charge in [-0.3, -0.25) is 0 Å². The summed E-state index contributed by atoms with van der Waals surface area (Å²) in [5.41, 5.74) is 0.327. The van der Waals surface area contributed by atoms with Gasteiger partial charge in [-0.2, -0.15) is 0 Å². The van der Waals surface area contributed by atoms with Crippen LogP contribution < -0.4 is 0 Å². The lowest BCUT2D eigenvalue weighted by Gasteiger charge is -2.28. The van der Waals surface area contributed by atoms with E-state index in [9.17, 15) is 0 Å². The smallest absolute Gasteiger partial charge is 0.0944 e. The molecular weight excluding hydrogens is 160 g/mol. The van der Waals surface area contributed by atoms with Crippen molar-refractivity contribution in [1.29, 1.82) is 0 Å². The van der Waals surface area contributed by atoms with E-state index in [1.165, 1.54) is 32.1 Å². The van der Waals surface area contributed by atoms with Crippen LogP contribution in [0.1, 0.15) is 45.4 Å². The van der Waals surface area contributed by atoms with Gasteiger partial charge in [0, 0.05) is 6.42 Å². The first kappa shape index (κ1) is 9.09. The topological polar surface area (TPSA) is 12.5 Å². The molecule has 1 nitrogen and oxygen atoms in total. The molecule has 1 aliphatic carbocycles. The van der Waals surface area contributed by atoms with Crippen LogP contribution in [0.5, 0.6) is 0 Å². The van der Waals surface area contributed by atoms with Crippen LogP contribution in [0.15, 0.2) is 0 Å². The first-order chi connectivity index (χ1) is 6.37. The lowest BCUT2D eigenvalue weighted by molar-refractivity contribution is 0.152. The van der Waals surface area contributed by atoms with Crippen LogP contribution in [-0.4, -0.2) is 12.2 Å². The second-order valence-electron chi connectivity index (χ2n) is 4.26. The predicted octanol–water partition coefficient (Wildman–Crippen LogP) is 2.75. The molecule has 0 unspecified atom stereocenters. The molecule has 2 atom stereocenters. The van der Waals surface area contributed by atoms with E-state index in [1.807, 2.05) is 6.92 Å². The number of hydrogen-bond acceptors (Lipinski definition) is 1. The molecule has 2 aliphatic rings. The zero-order chi connectivity index (χ0) is 9.15. The minimum Gasteiger partial charge on any atom is -0.369 e. The second-order valence-corrected chi connectivity index (χ2v) is 4.26. The van der Waals surface area contributed by atoms with Gasteiger partial charge in [0.15, 0.2) is 0 Å². The van der Waals surface area contributed by atoms with Crippen molar-refractivity contribution in [2.24, 2.45) is 5.92 Å². The Kier molecular flexibility index (Phi) is 2.60. The molecule has 0 bridgehead atoms. The second kappa shape index (κ2) is 3.72.